The van der Waals surface area contributed by atoms with E-state index in [1.54, 1.807) is 0 Å². The molecule has 2 N–H and O–H groups in total. The summed E-state index contributed by atoms with van der Waals surface area (Å²) in [4.78, 5) is 11.3. The summed E-state index contributed by atoms with van der Waals surface area (Å²) in [7, 11) is 0. The molecule has 3 aliphatic rings. The lowest BCUT2D eigenvalue weighted by Gasteiger charge is -2.62. The Hall–Kier alpha value is -0.870. The third-order valence-electron chi connectivity index (χ3n) is 7.63. The number of hydrogen-bond acceptors (Lipinski definition) is 3. The van der Waals surface area contributed by atoms with Gasteiger partial charge in [-0.2, -0.15) is 0 Å². The molecule has 2 aliphatic carbocycles. The molecule has 1 saturated carbocycles. The van der Waals surface area contributed by atoms with Crippen LogP contribution in [-0.4, -0.2) is 33.5 Å². The molecule has 1 aliphatic heterocycles. The van der Waals surface area contributed by atoms with Crippen molar-refractivity contribution in [2.45, 2.75) is 90.4 Å². The van der Waals surface area contributed by atoms with Gasteiger partial charge in [0.15, 0.2) is 0 Å². The molecule has 1 saturated heterocycles. The summed E-state index contributed by atoms with van der Waals surface area (Å²) in [6, 6.07) is 0. The first-order chi connectivity index (χ1) is 11.0. The van der Waals surface area contributed by atoms with Gasteiger partial charge in [-0.05, 0) is 62.9 Å². The number of rotatable bonds is 2. The molecule has 2 fully saturated rings. The van der Waals surface area contributed by atoms with Crippen LogP contribution in [0.2, 0.25) is 0 Å². The van der Waals surface area contributed by atoms with Gasteiger partial charge in [0.1, 0.15) is 0 Å². The van der Waals surface area contributed by atoms with Crippen molar-refractivity contribution < 1.29 is 19.7 Å². The standard InChI is InChI=1S/C20H32O4/c1-13-6-7-14-17(2,3)15(21)8-9-19(14,5)20(13)11-10-18(4,24-20)12-16(22)23/h6,14-15,21H,7-12H2,1-5H3,(H,22,23)/t14-,15-,18+,19+,20-/m1/s1. The van der Waals surface area contributed by atoms with Crippen LogP contribution < -0.4 is 0 Å². The largest absolute Gasteiger partial charge is 0.481 e. The summed E-state index contributed by atoms with van der Waals surface area (Å²) in [5.41, 5.74) is 0.0309. The average Bonchev–Trinajstić information content (AvgIpc) is 2.80. The highest BCUT2D eigenvalue weighted by molar-refractivity contribution is 5.68. The number of carbonyl (C=O) groups is 1. The second kappa shape index (κ2) is 5.31. The number of aliphatic hydroxyl groups excluding tert-OH is 1. The molecule has 24 heavy (non-hydrogen) atoms. The molecule has 4 heteroatoms. The van der Waals surface area contributed by atoms with Crippen molar-refractivity contribution in [3.8, 4) is 0 Å². The average molecular weight is 336 g/mol. The Morgan fingerprint density at radius 3 is 2.54 bits per heavy atom. The van der Waals surface area contributed by atoms with E-state index in [9.17, 15) is 15.0 Å². The molecule has 0 unspecified atom stereocenters. The molecule has 0 amide bonds. The molecule has 4 nitrogen and oxygen atoms in total. The van der Waals surface area contributed by atoms with Crippen molar-refractivity contribution in [1.29, 1.82) is 0 Å². The Kier molecular flexibility index (Phi) is 3.97. The van der Waals surface area contributed by atoms with Crippen LogP contribution in [0, 0.1) is 16.7 Å². The zero-order valence-corrected chi connectivity index (χ0v) is 15.7. The Labute approximate surface area is 145 Å². The quantitative estimate of drug-likeness (QED) is 0.750. The molecule has 1 heterocycles. The molecule has 0 bridgehead atoms. The van der Waals surface area contributed by atoms with E-state index in [-0.39, 0.29) is 23.4 Å². The minimum atomic E-state index is -0.798. The van der Waals surface area contributed by atoms with Gasteiger partial charge >= 0.3 is 5.97 Å². The van der Waals surface area contributed by atoms with Crippen molar-refractivity contribution in [1.82, 2.24) is 0 Å². The van der Waals surface area contributed by atoms with Crippen molar-refractivity contribution in [3.63, 3.8) is 0 Å². The second-order valence-corrected chi connectivity index (χ2v) is 9.42. The molecular formula is C20H32O4. The van der Waals surface area contributed by atoms with Crippen molar-refractivity contribution >= 4 is 5.97 Å². The fourth-order valence-corrected chi connectivity index (χ4v) is 6.08. The number of fused-ring (bicyclic) bond motifs is 2. The summed E-state index contributed by atoms with van der Waals surface area (Å²) >= 11 is 0. The van der Waals surface area contributed by atoms with Crippen LogP contribution >= 0.6 is 0 Å². The highest BCUT2D eigenvalue weighted by Gasteiger charge is 2.65. The maximum absolute atomic E-state index is 11.3. The van der Waals surface area contributed by atoms with Crippen LogP contribution in [0.4, 0.5) is 0 Å². The lowest BCUT2D eigenvalue weighted by molar-refractivity contribution is -0.210. The summed E-state index contributed by atoms with van der Waals surface area (Å²) in [6.07, 6.45) is 6.37. The molecule has 0 aromatic rings. The first-order valence-corrected chi connectivity index (χ1v) is 9.24. The number of aliphatic hydroxyl groups is 1. The van der Waals surface area contributed by atoms with Gasteiger partial charge in [-0.15, -0.1) is 0 Å². The smallest absolute Gasteiger partial charge is 0.306 e. The molecule has 0 radical (unpaired) electrons. The summed E-state index contributed by atoms with van der Waals surface area (Å²) in [6.45, 7) is 10.7. The molecule has 136 valence electrons. The maximum atomic E-state index is 11.3. The first kappa shape index (κ1) is 17.9. The van der Waals surface area contributed by atoms with E-state index in [0.717, 1.165) is 32.1 Å². The van der Waals surface area contributed by atoms with Crippen LogP contribution in [0.5, 0.6) is 0 Å². The number of ether oxygens (including phenoxy) is 1. The maximum Gasteiger partial charge on any atom is 0.306 e. The molecule has 0 aromatic carbocycles. The summed E-state index contributed by atoms with van der Waals surface area (Å²) in [5, 5.41) is 19.8. The normalized spacial score (nSPS) is 47.3. The third kappa shape index (κ3) is 2.29. The van der Waals surface area contributed by atoms with E-state index in [4.69, 9.17) is 4.74 Å². The molecule has 0 aromatic heterocycles. The molecule has 1 spiro atoms. The highest BCUT2D eigenvalue weighted by atomic mass is 16.5. The van der Waals surface area contributed by atoms with Crippen LogP contribution in [0.3, 0.4) is 0 Å². The van der Waals surface area contributed by atoms with Crippen molar-refractivity contribution in [2.75, 3.05) is 0 Å². The van der Waals surface area contributed by atoms with E-state index < -0.39 is 17.2 Å². The Bertz CT molecular complexity index is 580. The van der Waals surface area contributed by atoms with Gasteiger partial charge < -0.3 is 14.9 Å². The zero-order valence-electron chi connectivity index (χ0n) is 15.7. The SMILES string of the molecule is CC1=CC[C@@H]2C(C)(C)[C@H](O)CC[C@]2(C)[C@@]12CC[C@@](C)(CC(=O)O)O2. The van der Waals surface area contributed by atoms with E-state index >= 15 is 0 Å². The number of aliphatic carboxylic acids is 1. The fraction of sp³-hybridized carbons (Fsp3) is 0.850. The Morgan fingerprint density at radius 2 is 1.92 bits per heavy atom. The van der Waals surface area contributed by atoms with Gasteiger partial charge in [-0.1, -0.05) is 26.8 Å². The van der Waals surface area contributed by atoms with Crippen LogP contribution in [0.25, 0.3) is 0 Å². The van der Waals surface area contributed by atoms with Gasteiger partial charge in [0.25, 0.3) is 0 Å². The van der Waals surface area contributed by atoms with Gasteiger partial charge in [0, 0.05) is 5.41 Å². The number of hydrogen-bond donors (Lipinski definition) is 2. The summed E-state index contributed by atoms with van der Waals surface area (Å²) in [5.74, 6) is -0.460. The van der Waals surface area contributed by atoms with Gasteiger partial charge in [-0.3, -0.25) is 4.79 Å². The summed E-state index contributed by atoms with van der Waals surface area (Å²) < 4.78 is 6.67. The van der Waals surface area contributed by atoms with Crippen LogP contribution in [-0.2, 0) is 9.53 Å². The predicted octanol–water partition coefficient (Wildman–Crippen LogP) is 3.92. The van der Waals surface area contributed by atoms with Crippen LogP contribution in [0.1, 0.15) is 73.1 Å². The lowest BCUT2D eigenvalue weighted by Crippen LogP contribution is -2.62. The lowest BCUT2D eigenvalue weighted by atomic mass is 9.46. The molecular weight excluding hydrogens is 304 g/mol. The van der Waals surface area contributed by atoms with Gasteiger partial charge in [-0.25, -0.2) is 0 Å². The van der Waals surface area contributed by atoms with Crippen LogP contribution in [0.15, 0.2) is 11.6 Å². The van der Waals surface area contributed by atoms with Gasteiger partial charge in [0.05, 0.1) is 23.7 Å². The Balaban J connectivity index is 2.03. The monoisotopic (exact) mass is 336 g/mol. The minimum Gasteiger partial charge on any atom is -0.481 e. The molecule has 5 atom stereocenters. The molecule has 3 rings (SSSR count). The zero-order chi connectivity index (χ0) is 18.0. The van der Waals surface area contributed by atoms with Crippen molar-refractivity contribution in [3.05, 3.63) is 11.6 Å². The second-order valence-electron chi connectivity index (χ2n) is 9.42. The topological polar surface area (TPSA) is 66.8 Å². The van der Waals surface area contributed by atoms with E-state index in [2.05, 4.69) is 33.8 Å². The minimum absolute atomic E-state index is 0.0504. The Morgan fingerprint density at radius 1 is 1.25 bits per heavy atom. The van der Waals surface area contributed by atoms with Crippen molar-refractivity contribution in [2.24, 2.45) is 16.7 Å². The van der Waals surface area contributed by atoms with E-state index in [0.29, 0.717) is 5.92 Å². The van der Waals surface area contributed by atoms with Gasteiger partial charge in [0.2, 0.25) is 0 Å². The highest BCUT2D eigenvalue weighted by Crippen LogP contribution is 2.66. The third-order valence-corrected chi connectivity index (χ3v) is 7.63. The number of allylic oxidation sites excluding steroid dienone is 1. The van der Waals surface area contributed by atoms with E-state index in [1.165, 1.54) is 5.57 Å². The number of carboxylic acid groups (broad SMARTS) is 1. The number of carboxylic acids is 1. The predicted molar refractivity (Wildman–Crippen MR) is 92.7 cm³/mol. The fourth-order valence-electron chi connectivity index (χ4n) is 6.08. The van der Waals surface area contributed by atoms with E-state index in [1.807, 2.05) is 6.92 Å². The first-order valence-electron chi connectivity index (χ1n) is 9.24.